The summed E-state index contributed by atoms with van der Waals surface area (Å²) in [4.78, 5) is 15.8. The first-order valence-electron chi connectivity index (χ1n) is 4.90. The van der Waals surface area contributed by atoms with E-state index in [0.717, 1.165) is 11.3 Å². The number of nitriles is 2. The van der Waals surface area contributed by atoms with E-state index in [2.05, 4.69) is 4.98 Å². The maximum absolute atomic E-state index is 12.0. The summed E-state index contributed by atoms with van der Waals surface area (Å²) < 4.78 is 2.02. The second-order valence-corrected chi connectivity index (χ2v) is 5.74. The SMILES string of the molecule is N#Cc1ncn(CC(=O)c2cc(Cl)sc2Cl)c1C#N. The Morgan fingerprint density at radius 3 is 2.68 bits per heavy atom. The number of imidazole rings is 1. The molecule has 0 spiro atoms. The molecule has 0 saturated heterocycles. The molecule has 0 atom stereocenters. The second-order valence-electron chi connectivity index (χ2n) is 3.45. The van der Waals surface area contributed by atoms with Crippen molar-refractivity contribution >= 4 is 40.3 Å². The molecule has 8 heteroatoms. The maximum atomic E-state index is 12.0. The molecule has 0 N–H and O–H groups in total. The first kappa shape index (κ1) is 13.6. The average molecular weight is 311 g/mol. The Labute approximate surface area is 122 Å². The molecule has 2 aromatic heterocycles. The first-order valence-corrected chi connectivity index (χ1v) is 6.47. The summed E-state index contributed by atoms with van der Waals surface area (Å²) in [7, 11) is 0. The smallest absolute Gasteiger partial charge is 0.184 e. The molecule has 5 nitrogen and oxygen atoms in total. The first-order chi connectivity index (χ1) is 9.06. The lowest BCUT2D eigenvalue weighted by atomic mass is 10.2. The summed E-state index contributed by atoms with van der Waals surface area (Å²) in [5, 5.41) is 17.7. The molecule has 0 radical (unpaired) electrons. The highest BCUT2D eigenvalue weighted by molar-refractivity contribution is 7.20. The molecule has 2 heterocycles. The number of halogens is 2. The molecule has 2 aromatic rings. The van der Waals surface area contributed by atoms with Gasteiger partial charge in [0.25, 0.3) is 0 Å². The van der Waals surface area contributed by atoms with Crippen LogP contribution in [0, 0.1) is 22.7 Å². The number of Topliss-reactive ketones (excluding diaryl/α,β-unsaturated/α-hetero) is 1. The van der Waals surface area contributed by atoms with Crippen LogP contribution in [-0.2, 0) is 6.54 Å². The van der Waals surface area contributed by atoms with Crippen LogP contribution in [0.25, 0.3) is 0 Å². The van der Waals surface area contributed by atoms with Gasteiger partial charge in [0.1, 0.15) is 16.5 Å². The van der Waals surface area contributed by atoms with Crippen molar-refractivity contribution in [1.82, 2.24) is 9.55 Å². The summed E-state index contributed by atoms with van der Waals surface area (Å²) in [6.07, 6.45) is 1.27. The van der Waals surface area contributed by atoms with Crippen LogP contribution in [0.4, 0.5) is 0 Å². The van der Waals surface area contributed by atoms with Crippen LogP contribution in [0.5, 0.6) is 0 Å². The minimum absolute atomic E-state index is 0.00949. The van der Waals surface area contributed by atoms with Crippen LogP contribution in [-0.4, -0.2) is 15.3 Å². The molecule has 0 aliphatic heterocycles. The standard InChI is InChI=1S/C11H4Cl2N4OS/c12-10-1-6(11(13)19-10)9(18)4-17-5-16-7(2-14)8(17)3-15/h1,5H,4H2. The molecule has 0 fully saturated rings. The van der Waals surface area contributed by atoms with Gasteiger partial charge in [-0.1, -0.05) is 23.2 Å². The van der Waals surface area contributed by atoms with Gasteiger partial charge in [-0.15, -0.1) is 11.3 Å². The van der Waals surface area contributed by atoms with E-state index in [1.165, 1.54) is 17.0 Å². The van der Waals surface area contributed by atoms with E-state index < -0.39 is 0 Å². The Morgan fingerprint density at radius 2 is 2.16 bits per heavy atom. The zero-order chi connectivity index (χ0) is 14.0. The lowest BCUT2D eigenvalue weighted by Crippen LogP contribution is -2.11. The van der Waals surface area contributed by atoms with Gasteiger partial charge in [-0.2, -0.15) is 10.5 Å². The molecule has 0 bridgehead atoms. The summed E-state index contributed by atoms with van der Waals surface area (Å²) in [6, 6.07) is 5.10. The van der Waals surface area contributed by atoms with Gasteiger partial charge < -0.3 is 4.57 Å². The van der Waals surface area contributed by atoms with E-state index in [0.29, 0.717) is 14.2 Å². The Kier molecular flexibility index (Phi) is 3.87. The monoisotopic (exact) mass is 310 g/mol. The third-order valence-corrected chi connectivity index (χ3v) is 3.81. The van der Waals surface area contributed by atoms with Crippen molar-refractivity contribution in [3.05, 3.63) is 38.0 Å². The predicted octanol–water partition coefficient (Wildman–Crippen LogP) is 2.88. The van der Waals surface area contributed by atoms with Crippen LogP contribution in [0.3, 0.4) is 0 Å². The zero-order valence-corrected chi connectivity index (χ0v) is 11.6. The molecule has 0 aliphatic rings. The molecule has 2 rings (SSSR count). The van der Waals surface area contributed by atoms with Crippen molar-refractivity contribution in [2.24, 2.45) is 0 Å². The maximum Gasteiger partial charge on any atom is 0.184 e. The van der Waals surface area contributed by atoms with Crippen LogP contribution in [0.15, 0.2) is 12.4 Å². The van der Waals surface area contributed by atoms with Crippen LogP contribution < -0.4 is 0 Å². The molecule has 0 unspecified atom stereocenters. The van der Waals surface area contributed by atoms with Gasteiger partial charge in [0, 0.05) is 0 Å². The zero-order valence-electron chi connectivity index (χ0n) is 9.22. The summed E-state index contributed by atoms with van der Waals surface area (Å²) in [5.41, 5.74) is 0.339. The number of hydrogen-bond donors (Lipinski definition) is 0. The van der Waals surface area contributed by atoms with Gasteiger partial charge in [0.05, 0.1) is 22.8 Å². The number of nitrogens with zero attached hydrogens (tertiary/aromatic N) is 4. The summed E-state index contributed by atoms with van der Waals surface area (Å²) in [6.45, 7) is -0.121. The Hall–Kier alpha value is -1.86. The Bertz CT molecular complexity index is 735. The molecule has 0 aromatic carbocycles. The van der Waals surface area contributed by atoms with Crippen LogP contribution in [0.1, 0.15) is 21.7 Å². The molecular weight excluding hydrogens is 307 g/mol. The van der Waals surface area contributed by atoms with Gasteiger partial charge in [-0.3, -0.25) is 4.79 Å². The number of carbonyl (C=O) groups excluding carboxylic acids is 1. The highest BCUT2D eigenvalue weighted by Gasteiger charge is 2.17. The van der Waals surface area contributed by atoms with Gasteiger partial charge in [-0.05, 0) is 6.07 Å². The summed E-state index contributed by atoms with van der Waals surface area (Å²) >= 11 is 12.7. The van der Waals surface area contributed by atoms with E-state index in [1.54, 1.807) is 6.07 Å². The third-order valence-electron chi connectivity index (χ3n) is 2.32. The molecule has 19 heavy (non-hydrogen) atoms. The highest BCUT2D eigenvalue weighted by Crippen LogP contribution is 2.31. The fourth-order valence-electron chi connectivity index (χ4n) is 1.47. The number of carbonyl (C=O) groups is 1. The fraction of sp³-hybridized carbons (Fsp3) is 0.0909. The second kappa shape index (κ2) is 5.41. The molecule has 0 amide bonds. The van der Waals surface area contributed by atoms with Gasteiger partial charge in [-0.25, -0.2) is 4.98 Å². The van der Waals surface area contributed by atoms with E-state index in [-0.39, 0.29) is 23.7 Å². The molecule has 0 aliphatic carbocycles. The highest BCUT2D eigenvalue weighted by atomic mass is 35.5. The van der Waals surface area contributed by atoms with Crippen LogP contribution >= 0.6 is 34.5 Å². The predicted molar refractivity (Wildman–Crippen MR) is 70.3 cm³/mol. The van der Waals surface area contributed by atoms with Crippen molar-refractivity contribution in [3.63, 3.8) is 0 Å². The Balaban J connectivity index is 2.30. The minimum atomic E-state index is -0.300. The fourth-order valence-corrected chi connectivity index (χ4v) is 2.97. The lowest BCUT2D eigenvalue weighted by molar-refractivity contribution is 0.0972. The summed E-state index contributed by atoms with van der Waals surface area (Å²) in [5.74, 6) is -0.300. The van der Waals surface area contributed by atoms with Crippen LogP contribution in [0.2, 0.25) is 8.67 Å². The molecule has 0 saturated carbocycles. The molecular formula is C11H4Cl2N4OS. The van der Waals surface area contributed by atoms with Crippen molar-refractivity contribution < 1.29 is 4.79 Å². The van der Waals surface area contributed by atoms with Crippen molar-refractivity contribution in [2.75, 3.05) is 0 Å². The minimum Gasteiger partial charge on any atom is -0.313 e. The van der Waals surface area contributed by atoms with Gasteiger partial charge >= 0.3 is 0 Å². The van der Waals surface area contributed by atoms with Gasteiger partial charge in [0.2, 0.25) is 0 Å². The Morgan fingerprint density at radius 1 is 1.42 bits per heavy atom. The number of aromatic nitrogens is 2. The number of thiophene rings is 1. The lowest BCUT2D eigenvalue weighted by Gasteiger charge is -2.01. The molecule has 94 valence electrons. The van der Waals surface area contributed by atoms with E-state index in [1.807, 2.05) is 6.07 Å². The van der Waals surface area contributed by atoms with Crippen molar-refractivity contribution in [3.8, 4) is 12.1 Å². The quantitative estimate of drug-likeness (QED) is 0.816. The topological polar surface area (TPSA) is 82.5 Å². The largest absolute Gasteiger partial charge is 0.313 e. The number of rotatable bonds is 3. The van der Waals surface area contributed by atoms with E-state index in [9.17, 15) is 4.79 Å². The van der Waals surface area contributed by atoms with Crippen molar-refractivity contribution in [2.45, 2.75) is 6.54 Å². The third kappa shape index (κ3) is 2.61. The number of hydrogen-bond acceptors (Lipinski definition) is 5. The van der Waals surface area contributed by atoms with E-state index >= 15 is 0 Å². The van der Waals surface area contributed by atoms with E-state index in [4.69, 9.17) is 33.7 Å². The van der Waals surface area contributed by atoms with Gasteiger partial charge in [0.15, 0.2) is 17.2 Å². The normalized spacial score (nSPS) is 9.89. The average Bonchev–Trinajstić information content (AvgIpc) is 2.91. The number of ketones is 1. The van der Waals surface area contributed by atoms with Crippen molar-refractivity contribution in [1.29, 1.82) is 10.5 Å².